The minimum atomic E-state index is 0.455. The second kappa shape index (κ2) is 4.94. The van der Waals surface area contributed by atoms with E-state index in [1.165, 1.54) is 0 Å². The van der Waals surface area contributed by atoms with E-state index in [9.17, 15) is 0 Å². The van der Waals surface area contributed by atoms with Crippen molar-refractivity contribution in [2.75, 3.05) is 11.1 Å². The minimum absolute atomic E-state index is 0.455. The summed E-state index contributed by atoms with van der Waals surface area (Å²) in [5.41, 5.74) is 8.40. The molecule has 0 bridgehead atoms. The number of rotatable bonds is 2. The third kappa shape index (κ3) is 2.70. The molecule has 0 fully saturated rings. The van der Waals surface area contributed by atoms with Crippen LogP contribution in [-0.4, -0.2) is 4.98 Å². The molecule has 0 saturated carbocycles. The van der Waals surface area contributed by atoms with Gasteiger partial charge in [-0.3, -0.25) is 0 Å². The quantitative estimate of drug-likeness (QED) is 0.876. The van der Waals surface area contributed by atoms with Crippen LogP contribution in [0.4, 0.5) is 17.2 Å². The summed E-state index contributed by atoms with van der Waals surface area (Å²) in [5, 5.41) is 3.90. The lowest BCUT2D eigenvalue weighted by molar-refractivity contribution is 1.32. The van der Waals surface area contributed by atoms with E-state index in [0.29, 0.717) is 10.8 Å². The zero-order valence-electron chi connectivity index (χ0n) is 9.17. The maximum Gasteiger partial charge on any atom is 0.147 e. The zero-order valence-corrected chi connectivity index (χ0v) is 11.5. The zero-order chi connectivity index (χ0) is 12.4. The number of anilines is 3. The Morgan fingerprint density at radius 1 is 1.35 bits per heavy atom. The Hall–Kier alpha value is -1.26. The maximum atomic E-state index is 6.08. The van der Waals surface area contributed by atoms with Crippen molar-refractivity contribution < 1.29 is 0 Å². The average molecular weight is 313 g/mol. The molecule has 1 aromatic heterocycles. The second-order valence-electron chi connectivity index (χ2n) is 3.64. The Kier molecular flexibility index (Phi) is 3.54. The molecule has 88 valence electrons. The third-order valence-corrected chi connectivity index (χ3v) is 3.42. The summed E-state index contributed by atoms with van der Waals surface area (Å²) in [6.07, 6.45) is 1.65. The van der Waals surface area contributed by atoms with Crippen molar-refractivity contribution in [3.63, 3.8) is 0 Å². The number of aromatic nitrogens is 1. The number of nitrogens with two attached hydrogens (primary N) is 1. The SMILES string of the molecule is Cc1cc(Br)c(Nc2cccnc2N)cc1Cl. The molecular weight excluding hydrogens is 302 g/mol. The van der Waals surface area contributed by atoms with Gasteiger partial charge in [-0.05, 0) is 52.7 Å². The molecule has 1 aromatic carbocycles. The van der Waals surface area contributed by atoms with Crippen molar-refractivity contribution in [3.05, 3.63) is 45.5 Å². The molecule has 0 atom stereocenters. The van der Waals surface area contributed by atoms with Crippen LogP contribution in [0.3, 0.4) is 0 Å². The summed E-state index contributed by atoms with van der Waals surface area (Å²) >= 11 is 9.57. The standard InChI is InChI=1S/C12H11BrClN3/c1-7-5-8(13)11(6-9(7)14)17-10-3-2-4-16-12(10)15/h2-6,17H,1H3,(H2,15,16). The molecule has 3 nitrogen and oxygen atoms in total. The summed E-state index contributed by atoms with van der Waals surface area (Å²) in [6, 6.07) is 7.50. The second-order valence-corrected chi connectivity index (χ2v) is 4.90. The van der Waals surface area contributed by atoms with Crippen molar-refractivity contribution >= 4 is 44.7 Å². The first-order valence-electron chi connectivity index (χ1n) is 5.01. The monoisotopic (exact) mass is 311 g/mol. The molecule has 0 spiro atoms. The van der Waals surface area contributed by atoms with Crippen LogP contribution in [0.2, 0.25) is 5.02 Å². The van der Waals surface area contributed by atoms with Gasteiger partial charge in [0.05, 0.1) is 11.4 Å². The van der Waals surface area contributed by atoms with Gasteiger partial charge in [-0.25, -0.2) is 4.98 Å². The fourth-order valence-electron chi connectivity index (χ4n) is 1.41. The Balaban J connectivity index is 2.37. The molecule has 0 aliphatic carbocycles. The van der Waals surface area contributed by atoms with Crippen LogP contribution in [0.1, 0.15) is 5.56 Å². The number of pyridine rings is 1. The van der Waals surface area contributed by atoms with E-state index < -0.39 is 0 Å². The third-order valence-electron chi connectivity index (χ3n) is 2.36. The van der Waals surface area contributed by atoms with Crippen molar-refractivity contribution in [3.8, 4) is 0 Å². The molecule has 5 heteroatoms. The molecule has 3 N–H and O–H groups in total. The fraction of sp³-hybridized carbons (Fsp3) is 0.0833. The van der Waals surface area contributed by atoms with E-state index >= 15 is 0 Å². The molecule has 0 aliphatic rings. The Morgan fingerprint density at radius 3 is 2.82 bits per heavy atom. The summed E-state index contributed by atoms with van der Waals surface area (Å²) in [6.45, 7) is 1.95. The highest BCUT2D eigenvalue weighted by atomic mass is 79.9. The average Bonchev–Trinajstić information content (AvgIpc) is 2.29. The molecule has 1 heterocycles. The number of nitrogens with zero attached hydrogens (tertiary/aromatic N) is 1. The Labute approximate surface area is 113 Å². The van der Waals surface area contributed by atoms with Gasteiger partial charge < -0.3 is 11.1 Å². The van der Waals surface area contributed by atoms with E-state index in [4.69, 9.17) is 17.3 Å². The number of hydrogen-bond acceptors (Lipinski definition) is 3. The normalized spacial score (nSPS) is 10.3. The van der Waals surface area contributed by atoms with E-state index in [-0.39, 0.29) is 0 Å². The van der Waals surface area contributed by atoms with Gasteiger partial charge in [0, 0.05) is 15.7 Å². The number of halogens is 2. The Morgan fingerprint density at radius 2 is 2.12 bits per heavy atom. The first kappa shape index (κ1) is 12.2. The predicted octanol–water partition coefficient (Wildman–Crippen LogP) is 4.13. The highest BCUT2D eigenvalue weighted by Gasteiger charge is 2.06. The van der Waals surface area contributed by atoms with Crippen LogP contribution in [-0.2, 0) is 0 Å². The molecule has 17 heavy (non-hydrogen) atoms. The van der Waals surface area contributed by atoms with Gasteiger partial charge in [0.1, 0.15) is 5.82 Å². The van der Waals surface area contributed by atoms with E-state index in [0.717, 1.165) is 21.4 Å². The van der Waals surface area contributed by atoms with Crippen LogP contribution in [0.15, 0.2) is 34.9 Å². The highest BCUT2D eigenvalue weighted by molar-refractivity contribution is 9.10. The van der Waals surface area contributed by atoms with Crippen molar-refractivity contribution in [1.82, 2.24) is 4.98 Å². The molecule has 2 rings (SSSR count). The number of aryl methyl sites for hydroxylation is 1. The highest BCUT2D eigenvalue weighted by Crippen LogP contribution is 2.32. The van der Waals surface area contributed by atoms with Crippen molar-refractivity contribution in [2.24, 2.45) is 0 Å². The van der Waals surface area contributed by atoms with Crippen LogP contribution in [0, 0.1) is 6.92 Å². The van der Waals surface area contributed by atoms with E-state index in [1.54, 1.807) is 6.20 Å². The lowest BCUT2D eigenvalue weighted by Crippen LogP contribution is -1.99. The minimum Gasteiger partial charge on any atom is -0.382 e. The lowest BCUT2D eigenvalue weighted by Gasteiger charge is -2.11. The number of nitrogens with one attached hydrogen (secondary N) is 1. The van der Waals surface area contributed by atoms with E-state index in [1.807, 2.05) is 31.2 Å². The molecule has 0 aliphatic heterocycles. The molecule has 0 radical (unpaired) electrons. The van der Waals surface area contributed by atoms with Crippen LogP contribution in [0.5, 0.6) is 0 Å². The maximum absolute atomic E-state index is 6.08. The summed E-state index contributed by atoms with van der Waals surface area (Å²) in [5.74, 6) is 0.455. The number of benzene rings is 1. The van der Waals surface area contributed by atoms with Gasteiger partial charge >= 0.3 is 0 Å². The fourth-order valence-corrected chi connectivity index (χ4v) is 2.13. The summed E-state index contributed by atoms with van der Waals surface area (Å²) in [4.78, 5) is 4.01. The first-order valence-corrected chi connectivity index (χ1v) is 6.18. The molecule has 0 unspecified atom stereocenters. The van der Waals surface area contributed by atoms with Gasteiger partial charge in [0.25, 0.3) is 0 Å². The first-order chi connectivity index (χ1) is 8.08. The molecule has 2 aromatic rings. The van der Waals surface area contributed by atoms with Gasteiger partial charge in [-0.2, -0.15) is 0 Å². The van der Waals surface area contributed by atoms with E-state index in [2.05, 4.69) is 26.2 Å². The van der Waals surface area contributed by atoms with Gasteiger partial charge in [-0.1, -0.05) is 11.6 Å². The van der Waals surface area contributed by atoms with Gasteiger partial charge in [0.2, 0.25) is 0 Å². The number of nitrogen functional groups attached to an aromatic ring is 1. The van der Waals surface area contributed by atoms with Crippen LogP contribution >= 0.6 is 27.5 Å². The van der Waals surface area contributed by atoms with Gasteiger partial charge in [0.15, 0.2) is 0 Å². The Bertz CT molecular complexity index is 557. The smallest absolute Gasteiger partial charge is 0.147 e. The van der Waals surface area contributed by atoms with Crippen molar-refractivity contribution in [1.29, 1.82) is 0 Å². The van der Waals surface area contributed by atoms with Crippen LogP contribution in [0.25, 0.3) is 0 Å². The summed E-state index contributed by atoms with van der Waals surface area (Å²) < 4.78 is 0.933. The predicted molar refractivity (Wildman–Crippen MR) is 75.8 cm³/mol. The molecule has 0 amide bonds. The topological polar surface area (TPSA) is 50.9 Å². The number of hydrogen-bond donors (Lipinski definition) is 2. The molecule has 0 saturated heterocycles. The lowest BCUT2D eigenvalue weighted by atomic mass is 10.2. The largest absolute Gasteiger partial charge is 0.382 e. The molecular formula is C12H11BrClN3. The van der Waals surface area contributed by atoms with Gasteiger partial charge in [-0.15, -0.1) is 0 Å². The van der Waals surface area contributed by atoms with Crippen LogP contribution < -0.4 is 11.1 Å². The van der Waals surface area contributed by atoms with Crippen molar-refractivity contribution in [2.45, 2.75) is 6.92 Å². The summed E-state index contributed by atoms with van der Waals surface area (Å²) in [7, 11) is 0.